The maximum atomic E-state index is 4.37. The number of nitrogens with zero attached hydrogens (tertiary/aromatic N) is 2. The Bertz CT molecular complexity index is 790. The fourth-order valence-corrected chi connectivity index (χ4v) is 3.00. The van der Waals surface area contributed by atoms with E-state index in [1.54, 1.807) is 0 Å². The van der Waals surface area contributed by atoms with Gasteiger partial charge in [0.05, 0.1) is 5.69 Å². The molecular formula is C19H21N5. The van der Waals surface area contributed by atoms with Gasteiger partial charge in [-0.25, -0.2) is 0 Å². The van der Waals surface area contributed by atoms with Crippen LogP contribution in [0.2, 0.25) is 0 Å². The van der Waals surface area contributed by atoms with Crippen LogP contribution in [0.25, 0.3) is 11.3 Å². The van der Waals surface area contributed by atoms with Crippen LogP contribution in [0.4, 0.5) is 17.2 Å². The minimum atomic E-state index is 0.825. The summed E-state index contributed by atoms with van der Waals surface area (Å²) in [5, 5.41) is 14.2. The quantitative estimate of drug-likeness (QED) is 0.691. The molecule has 1 fully saturated rings. The molecule has 3 N–H and O–H groups in total. The van der Waals surface area contributed by atoms with Crippen LogP contribution in [0.15, 0.2) is 60.7 Å². The van der Waals surface area contributed by atoms with Crippen molar-refractivity contribution in [1.29, 1.82) is 0 Å². The molecule has 5 nitrogen and oxygen atoms in total. The first kappa shape index (κ1) is 14.8. The molecule has 2 aromatic carbocycles. The Labute approximate surface area is 141 Å². The Hall–Kier alpha value is -2.79. The fourth-order valence-electron chi connectivity index (χ4n) is 3.00. The maximum absolute atomic E-state index is 4.37. The van der Waals surface area contributed by atoms with Crippen molar-refractivity contribution < 1.29 is 0 Å². The number of rotatable bonds is 4. The minimum absolute atomic E-state index is 0.825. The fraction of sp³-hybridized carbons (Fsp3) is 0.211. The SMILES string of the molecule is c1ccc(-c2cc(Nc3cccc(N4CCNCC4)c3)n[nH]2)cc1. The van der Waals surface area contributed by atoms with E-state index in [9.17, 15) is 0 Å². The molecule has 0 unspecified atom stereocenters. The van der Waals surface area contributed by atoms with Gasteiger partial charge >= 0.3 is 0 Å². The zero-order valence-corrected chi connectivity index (χ0v) is 13.5. The number of H-pyrrole nitrogens is 1. The van der Waals surface area contributed by atoms with E-state index in [0.717, 1.165) is 48.9 Å². The molecule has 0 atom stereocenters. The highest BCUT2D eigenvalue weighted by atomic mass is 15.2. The van der Waals surface area contributed by atoms with Gasteiger partial charge in [0.2, 0.25) is 0 Å². The highest BCUT2D eigenvalue weighted by Gasteiger charge is 2.11. The normalized spacial score (nSPS) is 14.6. The average molecular weight is 319 g/mol. The molecule has 1 aliphatic heterocycles. The number of nitrogens with one attached hydrogen (secondary N) is 3. The van der Waals surface area contributed by atoms with E-state index in [0.29, 0.717) is 0 Å². The molecule has 0 aliphatic carbocycles. The highest BCUT2D eigenvalue weighted by Crippen LogP contribution is 2.24. The van der Waals surface area contributed by atoms with Gasteiger partial charge in [0, 0.05) is 43.6 Å². The topological polar surface area (TPSA) is 56.0 Å². The second kappa shape index (κ2) is 6.76. The summed E-state index contributed by atoms with van der Waals surface area (Å²) in [5.41, 5.74) is 4.45. The van der Waals surface area contributed by atoms with Crippen molar-refractivity contribution in [1.82, 2.24) is 15.5 Å². The molecule has 24 heavy (non-hydrogen) atoms. The first-order chi connectivity index (χ1) is 11.9. The monoisotopic (exact) mass is 319 g/mol. The Morgan fingerprint density at radius 3 is 2.58 bits per heavy atom. The number of piperazine rings is 1. The lowest BCUT2D eigenvalue weighted by Gasteiger charge is -2.29. The van der Waals surface area contributed by atoms with Gasteiger partial charge in [-0.2, -0.15) is 5.10 Å². The second-order valence-corrected chi connectivity index (χ2v) is 5.95. The van der Waals surface area contributed by atoms with E-state index in [1.165, 1.54) is 5.69 Å². The highest BCUT2D eigenvalue weighted by molar-refractivity contribution is 5.68. The van der Waals surface area contributed by atoms with Gasteiger partial charge in [0.25, 0.3) is 0 Å². The van der Waals surface area contributed by atoms with Crippen LogP contribution in [0.5, 0.6) is 0 Å². The number of hydrogen-bond acceptors (Lipinski definition) is 4. The van der Waals surface area contributed by atoms with Crippen molar-refractivity contribution in [2.24, 2.45) is 0 Å². The lowest BCUT2D eigenvalue weighted by Crippen LogP contribution is -2.43. The second-order valence-electron chi connectivity index (χ2n) is 5.95. The van der Waals surface area contributed by atoms with Crippen LogP contribution >= 0.6 is 0 Å². The van der Waals surface area contributed by atoms with E-state index in [2.05, 4.69) is 62.1 Å². The molecule has 0 bridgehead atoms. The van der Waals surface area contributed by atoms with E-state index in [4.69, 9.17) is 0 Å². The summed E-state index contributed by atoms with van der Waals surface area (Å²) in [6.45, 7) is 4.17. The van der Waals surface area contributed by atoms with Crippen LogP contribution in [0, 0.1) is 0 Å². The van der Waals surface area contributed by atoms with Gasteiger partial charge < -0.3 is 15.5 Å². The predicted octanol–water partition coefficient (Wildman–Crippen LogP) is 3.23. The summed E-state index contributed by atoms with van der Waals surface area (Å²) in [6.07, 6.45) is 0. The van der Waals surface area contributed by atoms with Crippen LogP contribution in [0.1, 0.15) is 0 Å². The van der Waals surface area contributed by atoms with Gasteiger partial charge in [-0.05, 0) is 23.8 Å². The molecule has 1 aliphatic rings. The summed E-state index contributed by atoms with van der Waals surface area (Å²) in [7, 11) is 0. The number of aromatic amines is 1. The standard InChI is InChI=1S/C19H21N5/c1-2-5-15(6-3-1)18-14-19(23-22-18)21-16-7-4-8-17(13-16)24-11-9-20-10-12-24/h1-8,13-14,20H,9-12H2,(H2,21,22,23). The molecule has 0 saturated carbocycles. The maximum Gasteiger partial charge on any atom is 0.152 e. The van der Waals surface area contributed by atoms with Crippen LogP contribution in [0.3, 0.4) is 0 Å². The Balaban J connectivity index is 1.50. The Morgan fingerprint density at radius 1 is 0.917 bits per heavy atom. The van der Waals surface area contributed by atoms with E-state index in [-0.39, 0.29) is 0 Å². The van der Waals surface area contributed by atoms with Crippen molar-refractivity contribution in [3.05, 3.63) is 60.7 Å². The van der Waals surface area contributed by atoms with Crippen LogP contribution in [-0.2, 0) is 0 Å². The van der Waals surface area contributed by atoms with Crippen LogP contribution < -0.4 is 15.5 Å². The van der Waals surface area contributed by atoms with Crippen molar-refractivity contribution in [3.63, 3.8) is 0 Å². The van der Waals surface area contributed by atoms with Crippen molar-refractivity contribution in [3.8, 4) is 11.3 Å². The van der Waals surface area contributed by atoms with Crippen LogP contribution in [-0.4, -0.2) is 36.4 Å². The first-order valence-corrected chi connectivity index (χ1v) is 8.32. The summed E-state index contributed by atoms with van der Waals surface area (Å²) in [4.78, 5) is 2.40. The summed E-state index contributed by atoms with van der Waals surface area (Å²) < 4.78 is 0. The average Bonchev–Trinajstić information content (AvgIpc) is 3.12. The lowest BCUT2D eigenvalue weighted by atomic mass is 10.1. The molecule has 0 spiro atoms. The summed E-state index contributed by atoms with van der Waals surface area (Å²) in [5.74, 6) is 0.825. The third kappa shape index (κ3) is 3.26. The molecule has 122 valence electrons. The van der Waals surface area contributed by atoms with Gasteiger partial charge in [-0.3, -0.25) is 5.10 Å². The molecule has 2 heterocycles. The molecule has 1 saturated heterocycles. The number of aromatic nitrogens is 2. The summed E-state index contributed by atoms with van der Waals surface area (Å²) in [6, 6.07) is 20.8. The molecular weight excluding hydrogens is 298 g/mol. The molecule has 0 amide bonds. The largest absolute Gasteiger partial charge is 0.369 e. The Morgan fingerprint density at radius 2 is 1.75 bits per heavy atom. The lowest BCUT2D eigenvalue weighted by molar-refractivity contribution is 0.589. The number of benzene rings is 2. The molecule has 0 radical (unpaired) electrons. The molecule has 5 heteroatoms. The van der Waals surface area contributed by atoms with E-state index < -0.39 is 0 Å². The predicted molar refractivity (Wildman–Crippen MR) is 98.8 cm³/mol. The molecule has 4 rings (SSSR count). The van der Waals surface area contributed by atoms with Gasteiger partial charge in [0.1, 0.15) is 0 Å². The van der Waals surface area contributed by atoms with E-state index in [1.807, 2.05) is 24.3 Å². The number of anilines is 3. The van der Waals surface area contributed by atoms with Crippen molar-refractivity contribution >= 4 is 17.2 Å². The van der Waals surface area contributed by atoms with Crippen molar-refractivity contribution in [2.75, 3.05) is 36.4 Å². The smallest absolute Gasteiger partial charge is 0.152 e. The first-order valence-electron chi connectivity index (χ1n) is 8.32. The third-order valence-electron chi connectivity index (χ3n) is 4.26. The van der Waals surface area contributed by atoms with Crippen molar-refractivity contribution in [2.45, 2.75) is 0 Å². The van der Waals surface area contributed by atoms with Gasteiger partial charge in [-0.1, -0.05) is 36.4 Å². The van der Waals surface area contributed by atoms with Gasteiger partial charge in [0.15, 0.2) is 5.82 Å². The molecule has 3 aromatic rings. The third-order valence-corrected chi connectivity index (χ3v) is 4.26. The summed E-state index contributed by atoms with van der Waals surface area (Å²) >= 11 is 0. The van der Waals surface area contributed by atoms with Gasteiger partial charge in [-0.15, -0.1) is 0 Å². The number of hydrogen-bond donors (Lipinski definition) is 3. The zero-order chi connectivity index (χ0) is 16.2. The zero-order valence-electron chi connectivity index (χ0n) is 13.5. The molecule has 1 aromatic heterocycles. The van der Waals surface area contributed by atoms with E-state index >= 15 is 0 Å². The Kier molecular flexibility index (Phi) is 4.16. The minimum Gasteiger partial charge on any atom is -0.369 e.